The van der Waals surface area contributed by atoms with Gasteiger partial charge in [0.15, 0.2) is 0 Å². The molecule has 1 N–H and O–H groups in total. The molecular formula is C18H29N3O2. The van der Waals surface area contributed by atoms with Crippen LogP contribution in [0.1, 0.15) is 25.8 Å². The number of carbonyl (C=O) groups excluding carboxylic acids is 1. The molecule has 128 valence electrons. The molecule has 1 aliphatic heterocycles. The minimum Gasteiger partial charge on any atom is -0.497 e. The summed E-state index contributed by atoms with van der Waals surface area (Å²) in [5, 5.41) is 3.03. The summed E-state index contributed by atoms with van der Waals surface area (Å²) < 4.78 is 5.27. The van der Waals surface area contributed by atoms with Crippen molar-refractivity contribution in [2.24, 2.45) is 0 Å². The number of hydrogen-bond acceptors (Lipinski definition) is 4. The minimum atomic E-state index is 0.139. The van der Waals surface area contributed by atoms with Gasteiger partial charge >= 0.3 is 0 Å². The summed E-state index contributed by atoms with van der Waals surface area (Å²) in [6.07, 6.45) is 0.972. The van der Waals surface area contributed by atoms with Crippen LogP contribution in [0.5, 0.6) is 5.75 Å². The topological polar surface area (TPSA) is 44.8 Å². The molecule has 0 bridgehead atoms. The quantitative estimate of drug-likeness (QED) is 0.831. The summed E-state index contributed by atoms with van der Waals surface area (Å²) in [4.78, 5) is 16.6. The molecule has 1 aromatic carbocycles. The van der Waals surface area contributed by atoms with Gasteiger partial charge in [-0.2, -0.15) is 0 Å². The van der Waals surface area contributed by atoms with Crippen molar-refractivity contribution in [2.45, 2.75) is 32.9 Å². The molecule has 0 saturated carbocycles. The predicted octanol–water partition coefficient (Wildman–Crippen LogP) is 1.73. The third-order valence-electron chi connectivity index (χ3n) is 4.39. The molecule has 0 aliphatic carbocycles. The van der Waals surface area contributed by atoms with Gasteiger partial charge in [-0.15, -0.1) is 0 Å². The fourth-order valence-electron chi connectivity index (χ4n) is 2.76. The van der Waals surface area contributed by atoms with Crippen LogP contribution in [0, 0.1) is 0 Å². The number of methoxy groups -OCH3 is 1. The number of rotatable bonds is 7. The molecule has 1 amide bonds. The first-order valence-corrected chi connectivity index (χ1v) is 8.47. The van der Waals surface area contributed by atoms with E-state index in [1.165, 1.54) is 5.56 Å². The van der Waals surface area contributed by atoms with Crippen LogP contribution < -0.4 is 10.1 Å². The number of hydrogen-bond donors (Lipinski definition) is 1. The average molecular weight is 319 g/mol. The summed E-state index contributed by atoms with van der Waals surface area (Å²) in [5.41, 5.74) is 1.27. The summed E-state index contributed by atoms with van der Waals surface area (Å²) in [7, 11) is 1.70. The number of nitrogens with one attached hydrogen (secondary N) is 1. The van der Waals surface area contributed by atoms with Crippen molar-refractivity contribution in [3.05, 3.63) is 29.8 Å². The number of piperazine rings is 1. The lowest BCUT2D eigenvalue weighted by molar-refractivity contribution is -0.123. The van der Waals surface area contributed by atoms with Gasteiger partial charge in [-0.25, -0.2) is 0 Å². The van der Waals surface area contributed by atoms with Crippen LogP contribution >= 0.6 is 0 Å². The standard InChI is InChI=1S/C18H29N3O2/c1-4-15(2)19-18(22)14-21-10-8-20(9-11-21)13-16-6-5-7-17(12-16)23-3/h5-7,12,15H,4,8-11,13-14H2,1-3H3,(H,19,22). The van der Waals surface area contributed by atoms with Gasteiger partial charge < -0.3 is 10.1 Å². The molecular weight excluding hydrogens is 290 g/mol. The summed E-state index contributed by atoms with van der Waals surface area (Å²) in [6, 6.07) is 8.48. The molecule has 0 radical (unpaired) electrons. The molecule has 1 fully saturated rings. The van der Waals surface area contributed by atoms with Gasteiger partial charge in [0.1, 0.15) is 5.75 Å². The fourth-order valence-corrected chi connectivity index (χ4v) is 2.76. The molecule has 5 heteroatoms. The number of ether oxygens (including phenoxy) is 1. The molecule has 5 nitrogen and oxygen atoms in total. The van der Waals surface area contributed by atoms with Gasteiger partial charge in [-0.1, -0.05) is 19.1 Å². The van der Waals surface area contributed by atoms with E-state index in [1.807, 2.05) is 19.1 Å². The number of nitrogens with zero attached hydrogens (tertiary/aromatic N) is 2. The Hall–Kier alpha value is -1.59. The van der Waals surface area contributed by atoms with E-state index in [-0.39, 0.29) is 11.9 Å². The first-order chi connectivity index (χ1) is 11.1. The maximum atomic E-state index is 11.9. The van der Waals surface area contributed by atoms with E-state index in [0.29, 0.717) is 6.54 Å². The Balaban J connectivity index is 1.74. The van der Waals surface area contributed by atoms with Crippen LogP contribution in [0.3, 0.4) is 0 Å². The highest BCUT2D eigenvalue weighted by Gasteiger charge is 2.19. The maximum absolute atomic E-state index is 11.9. The third kappa shape index (κ3) is 5.84. The molecule has 2 rings (SSSR count). The van der Waals surface area contributed by atoms with Gasteiger partial charge in [-0.05, 0) is 31.0 Å². The smallest absolute Gasteiger partial charge is 0.234 e. The van der Waals surface area contributed by atoms with Gasteiger partial charge in [0.05, 0.1) is 13.7 Å². The number of amides is 1. The lowest BCUT2D eigenvalue weighted by Gasteiger charge is -2.34. The SMILES string of the molecule is CCC(C)NC(=O)CN1CCN(Cc2cccc(OC)c2)CC1. The van der Waals surface area contributed by atoms with Gasteiger partial charge in [0.25, 0.3) is 0 Å². The second-order valence-electron chi connectivity index (χ2n) is 6.28. The van der Waals surface area contributed by atoms with Gasteiger partial charge in [0, 0.05) is 38.8 Å². The Bertz CT molecular complexity index is 499. The highest BCUT2D eigenvalue weighted by atomic mass is 16.5. The van der Waals surface area contributed by atoms with Crippen LogP contribution in [0.25, 0.3) is 0 Å². The van der Waals surface area contributed by atoms with E-state index in [2.05, 4.69) is 34.2 Å². The monoisotopic (exact) mass is 319 g/mol. The minimum absolute atomic E-state index is 0.139. The largest absolute Gasteiger partial charge is 0.497 e. The Morgan fingerprint density at radius 3 is 2.61 bits per heavy atom. The van der Waals surface area contributed by atoms with Crippen molar-refractivity contribution in [3.63, 3.8) is 0 Å². The van der Waals surface area contributed by atoms with Crippen LogP contribution in [-0.2, 0) is 11.3 Å². The molecule has 1 unspecified atom stereocenters. The first kappa shape index (κ1) is 17.8. The molecule has 0 aromatic heterocycles. The van der Waals surface area contributed by atoms with E-state index in [0.717, 1.165) is 44.9 Å². The van der Waals surface area contributed by atoms with Crippen molar-refractivity contribution >= 4 is 5.91 Å². The maximum Gasteiger partial charge on any atom is 0.234 e. The summed E-state index contributed by atoms with van der Waals surface area (Å²) >= 11 is 0. The lowest BCUT2D eigenvalue weighted by Crippen LogP contribution is -2.49. The number of carbonyl (C=O) groups is 1. The van der Waals surface area contributed by atoms with Crippen LogP contribution in [-0.4, -0.2) is 61.6 Å². The Labute approximate surface area is 139 Å². The third-order valence-corrected chi connectivity index (χ3v) is 4.39. The second kappa shape index (κ2) is 8.89. The zero-order valence-electron chi connectivity index (χ0n) is 14.5. The van der Waals surface area contributed by atoms with E-state index >= 15 is 0 Å². The zero-order valence-corrected chi connectivity index (χ0v) is 14.5. The fraction of sp³-hybridized carbons (Fsp3) is 0.611. The van der Waals surface area contributed by atoms with E-state index in [9.17, 15) is 4.79 Å². The van der Waals surface area contributed by atoms with E-state index in [1.54, 1.807) is 7.11 Å². The molecule has 1 saturated heterocycles. The van der Waals surface area contributed by atoms with E-state index < -0.39 is 0 Å². The van der Waals surface area contributed by atoms with Gasteiger partial charge in [-0.3, -0.25) is 14.6 Å². The average Bonchev–Trinajstić information content (AvgIpc) is 2.56. The van der Waals surface area contributed by atoms with Gasteiger partial charge in [0.2, 0.25) is 5.91 Å². The Kier molecular flexibility index (Phi) is 6.86. The highest BCUT2D eigenvalue weighted by Crippen LogP contribution is 2.15. The van der Waals surface area contributed by atoms with Crippen LogP contribution in [0.2, 0.25) is 0 Å². The van der Waals surface area contributed by atoms with Crippen molar-refractivity contribution in [1.29, 1.82) is 0 Å². The number of benzene rings is 1. The van der Waals surface area contributed by atoms with Crippen LogP contribution in [0.4, 0.5) is 0 Å². The molecule has 1 heterocycles. The lowest BCUT2D eigenvalue weighted by atomic mass is 10.2. The normalized spacial score (nSPS) is 17.7. The summed E-state index contributed by atoms with van der Waals surface area (Å²) in [5.74, 6) is 1.04. The second-order valence-corrected chi connectivity index (χ2v) is 6.28. The molecule has 1 aliphatic rings. The summed E-state index contributed by atoms with van der Waals surface area (Å²) in [6.45, 7) is 9.45. The highest BCUT2D eigenvalue weighted by molar-refractivity contribution is 5.78. The van der Waals surface area contributed by atoms with Crippen molar-refractivity contribution < 1.29 is 9.53 Å². The van der Waals surface area contributed by atoms with Crippen molar-refractivity contribution in [2.75, 3.05) is 39.8 Å². The molecule has 1 atom stereocenters. The van der Waals surface area contributed by atoms with Crippen molar-refractivity contribution in [1.82, 2.24) is 15.1 Å². The molecule has 0 spiro atoms. The predicted molar refractivity (Wildman–Crippen MR) is 92.6 cm³/mol. The molecule has 23 heavy (non-hydrogen) atoms. The first-order valence-electron chi connectivity index (χ1n) is 8.47. The zero-order chi connectivity index (χ0) is 16.7. The van der Waals surface area contributed by atoms with E-state index in [4.69, 9.17) is 4.74 Å². The van der Waals surface area contributed by atoms with Crippen LogP contribution in [0.15, 0.2) is 24.3 Å². The van der Waals surface area contributed by atoms with Crippen molar-refractivity contribution in [3.8, 4) is 5.75 Å². The Morgan fingerprint density at radius 1 is 1.26 bits per heavy atom. The Morgan fingerprint density at radius 2 is 1.96 bits per heavy atom. The molecule has 1 aromatic rings.